The second-order valence-corrected chi connectivity index (χ2v) is 3.73. The quantitative estimate of drug-likeness (QED) is 0.774. The SMILES string of the molecule is Cc1cc(Br)cc(C)c1OB(O)O. The van der Waals surface area contributed by atoms with Gasteiger partial charge in [-0.3, -0.25) is 0 Å². The molecule has 0 bridgehead atoms. The molecule has 3 nitrogen and oxygen atoms in total. The minimum Gasteiger partial charge on any atom is -0.512 e. The van der Waals surface area contributed by atoms with E-state index >= 15 is 0 Å². The zero-order valence-corrected chi connectivity index (χ0v) is 9.00. The molecule has 0 atom stereocenters. The van der Waals surface area contributed by atoms with Crippen molar-refractivity contribution < 1.29 is 14.7 Å². The van der Waals surface area contributed by atoms with Gasteiger partial charge in [0.25, 0.3) is 0 Å². The molecule has 0 fully saturated rings. The molecule has 1 aromatic carbocycles. The second-order valence-electron chi connectivity index (χ2n) is 2.81. The van der Waals surface area contributed by atoms with Crippen LogP contribution in [0.1, 0.15) is 11.1 Å². The molecule has 5 heteroatoms. The number of hydrogen-bond donors (Lipinski definition) is 2. The van der Waals surface area contributed by atoms with Crippen LogP contribution < -0.4 is 4.65 Å². The normalized spacial score (nSPS) is 9.92. The molecule has 0 radical (unpaired) electrons. The second kappa shape index (κ2) is 4.13. The molecule has 0 heterocycles. The molecule has 13 heavy (non-hydrogen) atoms. The number of hydrogen-bond acceptors (Lipinski definition) is 3. The highest BCUT2D eigenvalue weighted by atomic mass is 79.9. The number of rotatable bonds is 2. The van der Waals surface area contributed by atoms with E-state index in [4.69, 9.17) is 14.7 Å². The summed E-state index contributed by atoms with van der Waals surface area (Å²) in [5.41, 5.74) is 1.72. The molecule has 1 rings (SSSR count). The summed E-state index contributed by atoms with van der Waals surface area (Å²) in [5.74, 6) is 0.512. The van der Waals surface area contributed by atoms with Gasteiger partial charge in [-0.05, 0) is 37.1 Å². The highest BCUT2D eigenvalue weighted by Crippen LogP contribution is 2.27. The summed E-state index contributed by atoms with van der Waals surface area (Å²) in [7, 11) is -1.77. The summed E-state index contributed by atoms with van der Waals surface area (Å²) in [5, 5.41) is 17.3. The Bertz CT molecular complexity index is 291. The summed E-state index contributed by atoms with van der Waals surface area (Å²) >= 11 is 3.33. The van der Waals surface area contributed by atoms with E-state index < -0.39 is 7.32 Å². The summed E-state index contributed by atoms with van der Waals surface area (Å²) in [4.78, 5) is 0. The van der Waals surface area contributed by atoms with Crippen LogP contribution in [0, 0.1) is 13.8 Å². The van der Waals surface area contributed by atoms with Gasteiger partial charge in [0.1, 0.15) is 5.75 Å². The molecular weight excluding hydrogens is 235 g/mol. The van der Waals surface area contributed by atoms with Crippen LogP contribution >= 0.6 is 15.9 Å². The van der Waals surface area contributed by atoms with E-state index in [1.165, 1.54) is 0 Å². The Kier molecular flexibility index (Phi) is 3.36. The lowest BCUT2D eigenvalue weighted by Gasteiger charge is -2.11. The summed E-state index contributed by atoms with van der Waals surface area (Å²) < 4.78 is 5.77. The van der Waals surface area contributed by atoms with Gasteiger partial charge in [-0.15, -0.1) is 0 Å². The molecule has 0 aliphatic carbocycles. The van der Waals surface area contributed by atoms with Crippen LogP contribution in [0.3, 0.4) is 0 Å². The average Bonchev–Trinajstić information content (AvgIpc) is 1.96. The van der Waals surface area contributed by atoms with E-state index in [1.807, 2.05) is 26.0 Å². The van der Waals surface area contributed by atoms with Crippen molar-refractivity contribution in [3.05, 3.63) is 27.7 Å². The Labute approximate surface area is 85.7 Å². The highest BCUT2D eigenvalue weighted by molar-refractivity contribution is 9.10. The maximum Gasteiger partial charge on any atom is 0.707 e. The van der Waals surface area contributed by atoms with Gasteiger partial charge in [-0.1, -0.05) is 15.9 Å². The number of aryl methyl sites for hydroxylation is 2. The van der Waals surface area contributed by atoms with Crippen LogP contribution in [-0.4, -0.2) is 17.4 Å². The van der Waals surface area contributed by atoms with E-state index in [-0.39, 0.29) is 0 Å². The van der Waals surface area contributed by atoms with Crippen molar-refractivity contribution >= 4 is 23.3 Å². The lowest BCUT2D eigenvalue weighted by Crippen LogP contribution is -2.21. The maximum absolute atomic E-state index is 8.65. The van der Waals surface area contributed by atoms with Crippen LogP contribution in [0.25, 0.3) is 0 Å². The van der Waals surface area contributed by atoms with E-state index in [0.29, 0.717) is 5.75 Å². The molecule has 1 aromatic rings. The van der Waals surface area contributed by atoms with Crippen molar-refractivity contribution in [1.82, 2.24) is 0 Å². The fraction of sp³-hybridized carbons (Fsp3) is 0.250. The topological polar surface area (TPSA) is 49.7 Å². The molecule has 0 saturated carbocycles. The third kappa shape index (κ3) is 2.72. The Morgan fingerprint density at radius 2 is 1.69 bits per heavy atom. The van der Waals surface area contributed by atoms with Crippen LogP contribution in [-0.2, 0) is 0 Å². The van der Waals surface area contributed by atoms with Crippen molar-refractivity contribution in [1.29, 1.82) is 0 Å². The average molecular weight is 245 g/mol. The van der Waals surface area contributed by atoms with E-state index in [0.717, 1.165) is 15.6 Å². The number of benzene rings is 1. The molecule has 0 saturated heterocycles. The molecule has 0 unspecified atom stereocenters. The van der Waals surface area contributed by atoms with Crippen LogP contribution in [0.2, 0.25) is 0 Å². The lowest BCUT2D eigenvalue weighted by atomic mass is 10.1. The fourth-order valence-corrected chi connectivity index (χ4v) is 1.88. The molecule has 0 aromatic heterocycles. The molecule has 0 amide bonds. The van der Waals surface area contributed by atoms with Crippen molar-refractivity contribution in [2.75, 3.05) is 0 Å². The predicted octanol–water partition coefficient (Wildman–Crippen LogP) is 1.41. The lowest BCUT2D eigenvalue weighted by molar-refractivity contribution is 0.286. The predicted molar refractivity (Wildman–Crippen MR) is 54.4 cm³/mol. The van der Waals surface area contributed by atoms with Crippen LogP contribution in [0.5, 0.6) is 5.75 Å². The third-order valence-corrected chi connectivity index (χ3v) is 2.11. The summed E-state index contributed by atoms with van der Waals surface area (Å²) in [6, 6.07) is 3.70. The van der Waals surface area contributed by atoms with E-state index in [2.05, 4.69) is 15.9 Å². The first-order chi connectivity index (χ1) is 6.00. The van der Waals surface area contributed by atoms with Gasteiger partial charge in [0.2, 0.25) is 0 Å². The Morgan fingerprint density at radius 3 is 2.08 bits per heavy atom. The summed E-state index contributed by atoms with van der Waals surface area (Å²) in [6.07, 6.45) is 0. The first-order valence-electron chi connectivity index (χ1n) is 3.80. The van der Waals surface area contributed by atoms with Gasteiger partial charge >= 0.3 is 7.32 Å². The fourth-order valence-electron chi connectivity index (χ4n) is 1.19. The first kappa shape index (κ1) is 10.6. The zero-order chi connectivity index (χ0) is 10.0. The largest absolute Gasteiger partial charge is 0.707 e. The minimum absolute atomic E-state index is 0.512. The molecule has 2 N–H and O–H groups in total. The van der Waals surface area contributed by atoms with Crippen LogP contribution in [0.4, 0.5) is 0 Å². The molecule has 70 valence electrons. The highest BCUT2D eigenvalue weighted by Gasteiger charge is 2.14. The zero-order valence-electron chi connectivity index (χ0n) is 7.41. The van der Waals surface area contributed by atoms with Crippen molar-refractivity contribution in [3.63, 3.8) is 0 Å². The standard InChI is InChI=1S/C8H10BBrO3/c1-5-3-7(10)4-6(2)8(5)13-9(11)12/h3-4,11-12H,1-2H3. The van der Waals surface area contributed by atoms with Gasteiger partial charge < -0.3 is 14.7 Å². The van der Waals surface area contributed by atoms with Gasteiger partial charge in [0.05, 0.1) is 0 Å². The molecule has 0 aliphatic rings. The van der Waals surface area contributed by atoms with Gasteiger partial charge in [-0.25, -0.2) is 0 Å². The Morgan fingerprint density at radius 1 is 1.23 bits per heavy atom. The molecule has 0 spiro atoms. The van der Waals surface area contributed by atoms with Gasteiger partial charge in [0, 0.05) is 4.47 Å². The van der Waals surface area contributed by atoms with Crippen molar-refractivity contribution in [2.24, 2.45) is 0 Å². The maximum atomic E-state index is 8.65. The minimum atomic E-state index is -1.77. The van der Waals surface area contributed by atoms with Crippen molar-refractivity contribution in [2.45, 2.75) is 13.8 Å². The van der Waals surface area contributed by atoms with Gasteiger partial charge in [-0.2, -0.15) is 0 Å². The Balaban J connectivity index is 3.06. The molecule has 0 aliphatic heterocycles. The van der Waals surface area contributed by atoms with E-state index in [1.54, 1.807) is 0 Å². The third-order valence-electron chi connectivity index (χ3n) is 1.65. The van der Waals surface area contributed by atoms with Crippen molar-refractivity contribution in [3.8, 4) is 5.75 Å². The van der Waals surface area contributed by atoms with E-state index in [9.17, 15) is 0 Å². The van der Waals surface area contributed by atoms with Gasteiger partial charge in [0.15, 0.2) is 0 Å². The molecular formula is C8H10BBrO3. The Hall–Kier alpha value is -0.515. The summed E-state index contributed by atoms with van der Waals surface area (Å²) in [6.45, 7) is 3.69. The smallest absolute Gasteiger partial charge is 0.512 e. The van der Waals surface area contributed by atoms with Crippen LogP contribution in [0.15, 0.2) is 16.6 Å². The monoisotopic (exact) mass is 244 g/mol. The number of halogens is 1. The first-order valence-corrected chi connectivity index (χ1v) is 4.59.